The molecule has 3 aromatic heterocycles. The Bertz CT molecular complexity index is 1100. The number of carbonyl (C=O) groups excluding carboxylic acids is 1. The van der Waals surface area contributed by atoms with Crippen molar-refractivity contribution in [1.29, 1.82) is 0 Å². The van der Waals surface area contributed by atoms with Gasteiger partial charge in [0.25, 0.3) is 5.56 Å². The number of piperidine rings is 1. The van der Waals surface area contributed by atoms with E-state index in [0.29, 0.717) is 5.69 Å². The third-order valence-electron chi connectivity index (χ3n) is 5.52. The van der Waals surface area contributed by atoms with Crippen molar-refractivity contribution >= 4 is 23.1 Å². The van der Waals surface area contributed by atoms with E-state index in [-0.39, 0.29) is 30.1 Å². The van der Waals surface area contributed by atoms with E-state index in [4.69, 9.17) is 0 Å². The van der Waals surface area contributed by atoms with Crippen LogP contribution in [0.4, 0.5) is 5.82 Å². The average Bonchev–Trinajstić information content (AvgIpc) is 3.24. The molecule has 0 spiro atoms. The van der Waals surface area contributed by atoms with Gasteiger partial charge in [0.15, 0.2) is 0 Å². The maximum absolute atomic E-state index is 12.9. The van der Waals surface area contributed by atoms with E-state index in [1.807, 2.05) is 35.4 Å². The Morgan fingerprint density at radius 3 is 2.76 bits per heavy atom. The van der Waals surface area contributed by atoms with Crippen molar-refractivity contribution in [2.45, 2.75) is 32.0 Å². The van der Waals surface area contributed by atoms with E-state index >= 15 is 0 Å². The third-order valence-corrected chi connectivity index (χ3v) is 6.41. The van der Waals surface area contributed by atoms with Crippen LogP contribution < -0.4 is 10.5 Å². The van der Waals surface area contributed by atoms with Crippen LogP contribution >= 0.6 is 11.3 Å². The number of fused-ring (bicyclic) bond motifs is 2. The maximum Gasteiger partial charge on any atom is 0.267 e. The number of thiophene rings is 1. The Hall–Kier alpha value is -3.07. The molecule has 148 valence electrons. The quantitative estimate of drug-likeness (QED) is 0.651. The molecule has 0 saturated carbocycles. The van der Waals surface area contributed by atoms with E-state index in [9.17, 15) is 9.59 Å². The zero-order valence-electron chi connectivity index (χ0n) is 15.9. The summed E-state index contributed by atoms with van der Waals surface area (Å²) in [6, 6.07) is 9.33. The molecule has 2 unspecified atom stereocenters. The third kappa shape index (κ3) is 3.31. The lowest BCUT2D eigenvalue weighted by atomic mass is 9.87. The Morgan fingerprint density at radius 1 is 1.21 bits per heavy atom. The largest absolute Gasteiger partial charge is 0.352 e. The van der Waals surface area contributed by atoms with Crippen molar-refractivity contribution in [2.24, 2.45) is 0 Å². The minimum absolute atomic E-state index is 0.0301. The number of hydrogen-bond acceptors (Lipinski definition) is 7. The first kappa shape index (κ1) is 18.0. The van der Waals surface area contributed by atoms with E-state index in [2.05, 4.69) is 20.0 Å². The van der Waals surface area contributed by atoms with E-state index in [1.54, 1.807) is 23.7 Å². The molecular formula is C20H20N6O2S. The lowest BCUT2D eigenvalue weighted by Gasteiger charge is -2.56. The number of carbonyl (C=O) groups is 1. The highest BCUT2D eigenvalue weighted by Crippen LogP contribution is 2.34. The van der Waals surface area contributed by atoms with Gasteiger partial charge in [0.1, 0.15) is 24.4 Å². The van der Waals surface area contributed by atoms with Gasteiger partial charge in [-0.15, -0.1) is 11.3 Å². The molecule has 3 aromatic rings. The lowest BCUT2D eigenvalue weighted by molar-refractivity contribution is -0.147. The molecule has 29 heavy (non-hydrogen) atoms. The molecule has 3 saturated heterocycles. The molecule has 3 aliphatic rings. The van der Waals surface area contributed by atoms with E-state index in [0.717, 1.165) is 35.9 Å². The summed E-state index contributed by atoms with van der Waals surface area (Å²) in [5, 5.41) is 6.36. The Morgan fingerprint density at radius 2 is 2.03 bits per heavy atom. The molecule has 2 atom stereocenters. The zero-order valence-corrected chi connectivity index (χ0v) is 16.7. The van der Waals surface area contributed by atoms with Crippen molar-refractivity contribution in [2.75, 3.05) is 18.0 Å². The monoisotopic (exact) mass is 408 g/mol. The molecule has 0 N–H and O–H groups in total. The van der Waals surface area contributed by atoms with Gasteiger partial charge in [0.2, 0.25) is 5.91 Å². The highest BCUT2D eigenvalue weighted by molar-refractivity contribution is 7.13. The Balaban J connectivity index is 1.30. The fraction of sp³-hybridized carbons (Fsp3) is 0.350. The summed E-state index contributed by atoms with van der Waals surface area (Å²) in [6.07, 6.45) is 2.57. The molecule has 3 aliphatic heterocycles. The number of piperazine rings is 1. The van der Waals surface area contributed by atoms with Crippen LogP contribution in [-0.2, 0) is 11.3 Å². The lowest BCUT2D eigenvalue weighted by Crippen LogP contribution is -2.70. The van der Waals surface area contributed by atoms with Gasteiger partial charge in [-0.05, 0) is 30.9 Å². The molecule has 2 bridgehead atoms. The summed E-state index contributed by atoms with van der Waals surface area (Å²) >= 11 is 1.55. The Labute approximate surface area is 171 Å². The molecule has 1 amide bonds. The van der Waals surface area contributed by atoms with Crippen molar-refractivity contribution in [3.05, 3.63) is 58.1 Å². The number of anilines is 1. The van der Waals surface area contributed by atoms with Gasteiger partial charge in [0.05, 0.1) is 17.0 Å². The first-order chi connectivity index (χ1) is 14.1. The van der Waals surface area contributed by atoms with Crippen LogP contribution in [0, 0.1) is 6.92 Å². The fourth-order valence-electron chi connectivity index (χ4n) is 4.15. The van der Waals surface area contributed by atoms with Gasteiger partial charge in [0, 0.05) is 30.9 Å². The number of nitrogens with zero attached hydrogens (tertiary/aromatic N) is 6. The van der Waals surface area contributed by atoms with Gasteiger partial charge >= 0.3 is 0 Å². The fourth-order valence-corrected chi connectivity index (χ4v) is 4.84. The number of aromatic nitrogens is 4. The topological polar surface area (TPSA) is 84.2 Å². The van der Waals surface area contributed by atoms with E-state index in [1.165, 1.54) is 10.7 Å². The summed E-state index contributed by atoms with van der Waals surface area (Å²) < 4.78 is 1.27. The molecule has 0 aromatic carbocycles. The Kier molecular flexibility index (Phi) is 4.39. The summed E-state index contributed by atoms with van der Waals surface area (Å²) in [5.41, 5.74) is 1.38. The highest BCUT2D eigenvalue weighted by atomic mass is 32.1. The maximum atomic E-state index is 12.9. The van der Waals surface area contributed by atoms with Crippen LogP contribution in [0.15, 0.2) is 46.8 Å². The standard InChI is InChI=1S/C20H20N6O2S/c1-13-7-18(22-12-21-13)24-9-14-8-15(10-24)26(14)20(28)11-25-19(27)5-4-16(23-25)17-3-2-6-29-17/h2-7,12,14-15H,8-11H2,1H3. The van der Waals surface area contributed by atoms with E-state index < -0.39 is 0 Å². The first-order valence-corrected chi connectivity index (χ1v) is 10.4. The van der Waals surface area contributed by atoms with Gasteiger partial charge in [-0.2, -0.15) is 5.10 Å². The zero-order chi connectivity index (χ0) is 20.0. The van der Waals surface area contributed by atoms with Crippen LogP contribution in [0.1, 0.15) is 12.1 Å². The van der Waals surface area contributed by atoms with Crippen molar-refractivity contribution in [3.63, 3.8) is 0 Å². The minimum atomic E-state index is -0.262. The minimum Gasteiger partial charge on any atom is -0.352 e. The van der Waals surface area contributed by atoms with Crippen molar-refractivity contribution in [3.8, 4) is 10.6 Å². The van der Waals surface area contributed by atoms with Gasteiger partial charge < -0.3 is 9.80 Å². The van der Waals surface area contributed by atoms with Crippen LogP contribution in [0.5, 0.6) is 0 Å². The smallest absolute Gasteiger partial charge is 0.267 e. The SMILES string of the molecule is Cc1cc(N2CC3CC(C2)N3C(=O)Cn2nc(-c3cccs3)ccc2=O)ncn1. The molecule has 0 radical (unpaired) electrons. The van der Waals surface area contributed by atoms with Crippen LogP contribution in [-0.4, -0.2) is 55.7 Å². The first-order valence-electron chi connectivity index (χ1n) is 9.55. The van der Waals surface area contributed by atoms with Gasteiger partial charge in [-0.25, -0.2) is 14.6 Å². The predicted octanol–water partition coefficient (Wildman–Crippen LogP) is 1.56. The van der Waals surface area contributed by atoms with Gasteiger partial charge in [-0.3, -0.25) is 9.59 Å². The number of aryl methyl sites for hydroxylation is 1. The molecule has 6 rings (SSSR count). The molecule has 9 heteroatoms. The number of rotatable bonds is 4. The van der Waals surface area contributed by atoms with Crippen LogP contribution in [0.2, 0.25) is 0 Å². The van der Waals surface area contributed by atoms with Crippen LogP contribution in [0.25, 0.3) is 10.6 Å². The second kappa shape index (κ2) is 7.07. The molecule has 8 nitrogen and oxygen atoms in total. The molecule has 6 heterocycles. The second-order valence-electron chi connectivity index (χ2n) is 7.46. The molecule has 0 aliphatic carbocycles. The van der Waals surface area contributed by atoms with Gasteiger partial charge in [-0.1, -0.05) is 6.07 Å². The molecular weight excluding hydrogens is 388 g/mol. The second-order valence-corrected chi connectivity index (χ2v) is 8.41. The molecule has 3 fully saturated rings. The normalized spacial score (nSPS) is 20.4. The van der Waals surface area contributed by atoms with Crippen molar-refractivity contribution < 1.29 is 4.79 Å². The summed E-state index contributed by atoms with van der Waals surface area (Å²) in [4.78, 5) is 38.8. The highest BCUT2D eigenvalue weighted by Gasteiger charge is 2.47. The number of amides is 1. The van der Waals surface area contributed by atoms with Crippen molar-refractivity contribution in [1.82, 2.24) is 24.6 Å². The predicted molar refractivity (Wildman–Crippen MR) is 110 cm³/mol. The summed E-state index contributed by atoms with van der Waals surface area (Å²) in [5.74, 6) is 0.850. The number of hydrogen-bond donors (Lipinski definition) is 0. The van der Waals surface area contributed by atoms with Crippen LogP contribution in [0.3, 0.4) is 0 Å². The average molecular weight is 408 g/mol. The summed E-state index contributed by atoms with van der Waals surface area (Å²) in [6.45, 7) is 3.41. The summed E-state index contributed by atoms with van der Waals surface area (Å²) in [7, 11) is 0.